The number of tetrazole rings is 1. The summed E-state index contributed by atoms with van der Waals surface area (Å²) in [5.41, 5.74) is 0.572. The molecule has 0 aliphatic carbocycles. The Balaban J connectivity index is 1.49. The van der Waals surface area contributed by atoms with E-state index in [0.717, 1.165) is 0 Å². The molecular formula is C15H12FN5O3. The van der Waals surface area contributed by atoms with Crippen molar-refractivity contribution in [1.82, 2.24) is 20.6 Å². The van der Waals surface area contributed by atoms with E-state index in [1.54, 1.807) is 24.3 Å². The van der Waals surface area contributed by atoms with Crippen molar-refractivity contribution in [2.45, 2.75) is 0 Å². The molecule has 3 aromatic rings. The molecule has 0 bridgehead atoms. The van der Waals surface area contributed by atoms with Crippen molar-refractivity contribution in [2.24, 2.45) is 0 Å². The normalized spacial score (nSPS) is 10.2. The number of ether oxygens (including phenoxy) is 2. The summed E-state index contributed by atoms with van der Waals surface area (Å²) in [5, 5.41) is 15.6. The maximum absolute atomic E-state index is 12.8. The van der Waals surface area contributed by atoms with Gasteiger partial charge < -0.3 is 14.8 Å². The number of nitrogens with one attached hydrogen (secondary N) is 2. The van der Waals surface area contributed by atoms with Gasteiger partial charge in [-0.05, 0) is 53.7 Å². The molecule has 1 aromatic heterocycles. The number of carbonyl (C=O) groups is 1. The quantitative estimate of drug-likeness (QED) is 0.718. The SMILES string of the molecule is O=C(COc1ccc(F)cc1)Nc1ccc(Oc2nn[nH]n2)cc1. The molecule has 122 valence electrons. The highest BCUT2D eigenvalue weighted by molar-refractivity contribution is 5.91. The molecule has 0 spiro atoms. The van der Waals surface area contributed by atoms with Crippen LogP contribution in [-0.4, -0.2) is 33.1 Å². The van der Waals surface area contributed by atoms with Crippen molar-refractivity contribution in [3.63, 3.8) is 0 Å². The van der Waals surface area contributed by atoms with Crippen LogP contribution in [0.1, 0.15) is 0 Å². The predicted octanol–water partition coefficient (Wildman–Crippen LogP) is 2.15. The van der Waals surface area contributed by atoms with Crippen molar-refractivity contribution < 1.29 is 18.7 Å². The number of anilines is 1. The van der Waals surface area contributed by atoms with E-state index in [1.807, 2.05) is 0 Å². The Bertz CT molecular complexity index is 791. The van der Waals surface area contributed by atoms with Crippen LogP contribution < -0.4 is 14.8 Å². The molecule has 2 N–H and O–H groups in total. The summed E-state index contributed by atoms with van der Waals surface area (Å²) in [5.74, 6) is 0.202. The van der Waals surface area contributed by atoms with E-state index in [-0.39, 0.29) is 24.3 Å². The van der Waals surface area contributed by atoms with Gasteiger partial charge in [-0.25, -0.2) is 4.39 Å². The summed E-state index contributed by atoms with van der Waals surface area (Å²) in [6, 6.07) is 12.1. The van der Waals surface area contributed by atoms with Crippen LogP contribution in [0.3, 0.4) is 0 Å². The minimum atomic E-state index is -0.366. The van der Waals surface area contributed by atoms with Crippen LogP contribution in [0, 0.1) is 5.82 Å². The smallest absolute Gasteiger partial charge is 0.361 e. The van der Waals surface area contributed by atoms with Crippen LogP contribution in [0.15, 0.2) is 48.5 Å². The van der Waals surface area contributed by atoms with Gasteiger partial charge in [0.1, 0.15) is 17.3 Å². The highest BCUT2D eigenvalue weighted by Crippen LogP contribution is 2.19. The number of hydrogen-bond acceptors (Lipinski definition) is 6. The third kappa shape index (κ3) is 4.26. The number of amides is 1. The second-order valence-electron chi connectivity index (χ2n) is 4.61. The number of nitrogens with zero attached hydrogens (tertiary/aromatic N) is 3. The topological polar surface area (TPSA) is 102 Å². The molecule has 1 heterocycles. The Morgan fingerprint density at radius 3 is 2.46 bits per heavy atom. The summed E-state index contributed by atoms with van der Waals surface area (Å²) < 4.78 is 23.3. The summed E-state index contributed by atoms with van der Waals surface area (Å²) in [6.07, 6.45) is 0. The lowest BCUT2D eigenvalue weighted by Gasteiger charge is -2.08. The molecule has 0 radical (unpaired) electrons. The van der Waals surface area contributed by atoms with Crippen LogP contribution in [-0.2, 0) is 4.79 Å². The monoisotopic (exact) mass is 329 g/mol. The number of H-pyrrole nitrogens is 1. The van der Waals surface area contributed by atoms with Gasteiger partial charge in [-0.15, -0.1) is 0 Å². The van der Waals surface area contributed by atoms with Crippen LogP contribution in [0.25, 0.3) is 0 Å². The average molecular weight is 329 g/mol. The lowest BCUT2D eigenvalue weighted by molar-refractivity contribution is -0.118. The van der Waals surface area contributed by atoms with Gasteiger partial charge in [-0.1, -0.05) is 10.2 Å². The van der Waals surface area contributed by atoms with Crippen LogP contribution >= 0.6 is 0 Å². The van der Waals surface area contributed by atoms with Crippen molar-refractivity contribution >= 4 is 11.6 Å². The predicted molar refractivity (Wildman–Crippen MR) is 81.2 cm³/mol. The molecule has 0 saturated carbocycles. The Labute approximate surface area is 135 Å². The second-order valence-corrected chi connectivity index (χ2v) is 4.61. The Kier molecular flexibility index (Phi) is 4.61. The first-order valence-corrected chi connectivity index (χ1v) is 6.88. The van der Waals surface area contributed by atoms with Gasteiger partial charge in [0.2, 0.25) is 0 Å². The third-order valence-electron chi connectivity index (χ3n) is 2.86. The van der Waals surface area contributed by atoms with E-state index in [2.05, 4.69) is 25.9 Å². The molecule has 24 heavy (non-hydrogen) atoms. The third-order valence-corrected chi connectivity index (χ3v) is 2.86. The lowest BCUT2D eigenvalue weighted by atomic mass is 10.3. The first-order valence-electron chi connectivity index (χ1n) is 6.88. The van der Waals surface area contributed by atoms with Gasteiger partial charge in [0.25, 0.3) is 5.91 Å². The molecule has 0 fully saturated rings. The maximum atomic E-state index is 12.8. The van der Waals surface area contributed by atoms with Crippen LogP contribution in [0.2, 0.25) is 0 Å². The molecule has 0 atom stereocenters. The number of hydrogen-bond donors (Lipinski definition) is 2. The molecule has 1 amide bonds. The number of halogens is 1. The molecule has 3 rings (SSSR count). The number of rotatable bonds is 6. The average Bonchev–Trinajstić information content (AvgIpc) is 3.09. The van der Waals surface area contributed by atoms with E-state index >= 15 is 0 Å². The molecule has 2 aromatic carbocycles. The van der Waals surface area contributed by atoms with Gasteiger partial charge in [0, 0.05) is 5.69 Å². The van der Waals surface area contributed by atoms with Gasteiger partial charge in [0.05, 0.1) is 0 Å². The van der Waals surface area contributed by atoms with E-state index in [4.69, 9.17) is 9.47 Å². The van der Waals surface area contributed by atoms with E-state index in [0.29, 0.717) is 17.2 Å². The van der Waals surface area contributed by atoms with Gasteiger partial charge >= 0.3 is 6.01 Å². The molecule has 0 aliphatic rings. The molecule has 9 heteroatoms. The summed E-state index contributed by atoms with van der Waals surface area (Å²) >= 11 is 0. The molecular weight excluding hydrogens is 317 g/mol. The largest absolute Gasteiger partial charge is 0.484 e. The zero-order valence-corrected chi connectivity index (χ0v) is 12.3. The molecule has 0 saturated heterocycles. The highest BCUT2D eigenvalue weighted by atomic mass is 19.1. The van der Waals surface area contributed by atoms with Crippen LogP contribution in [0.5, 0.6) is 17.5 Å². The van der Waals surface area contributed by atoms with Gasteiger partial charge in [-0.2, -0.15) is 5.21 Å². The summed E-state index contributed by atoms with van der Waals surface area (Å²) in [7, 11) is 0. The van der Waals surface area contributed by atoms with E-state index < -0.39 is 0 Å². The van der Waals surface area contributed by atoms with Crippen molar-refractivity contribution in [2.75, 3.05) is 11.9 Å². The fraction of sp³-hybridized carbons (Fsp3) is 0.0667. The van der Waals surface area contributed by atoms with Crippen molar-refractivity contribution in [3.05, 3.63) is 54.3 Å². The lowest BCUT2D eigenvalue weighted by Crippen LogP contribution is -2.20. The Morgan fingerprint density at radius 2 is 1.79 bits per heavy atom. The van der Waals surface area contributed by atoms with Crippen molar-refractivity contribution in [1.29, 1.82) is 0 Å². The van der Waals surface area contributed by atoms with E-state index in [1.165, 1.54) is 24.3 Å². The molecule has 0 aliphatic heterocycles. The zero-order chi connectivity index (χ0) is 16.8. The van der Waals surface area contributed by atoms with Crippen molar-refractivity contribution in [3.8, 4) is 17.5 Å². The van der Waals surface area contributed by atoms with Crippen LogP contribution in [0.4, 0.5) is 10.1 Å². The first-order chi connectivity index (χ1) is 11.7. The fourth-order valence-electron chi connectivity index (χ4n) is 1.78. The zero-order valence-electron chi connectivity index (χ0n) is 12.3. The highest BCUT2D eigenvalue weighted by Gasteiger charge is 2.05. The minimum Gasteiger partial charge on any atom is -0.484 e. The fourth-order valence-corrected chi connectivity index (χ4v) is 1.78. The maximum Gasteiger partial charge on any atom is 0.361 e. The summed E-state index contributed by atoms with van der Waals surface area (Å²) in [6.45, 7) is -0.188. The Hall–Kier alpha value is -3.49. The number of aromatic nitrogens is 4. The molecule has 0 unspecified atom stereocenters. The minimum absolute atomic E-state index is 0.0967. The second kappa shape index (κ2) is 7.18. The first kappa shape index (κ1) is 15.4. The standard InChI is InChI=1S/C15H12FN5O3/c16-10-1-5-12(6-2-10)23-9-14(22)17-11-3-7-13(8-4-11)24-15-18-20-21-19-15/h1-8H,9H2,(H,17,22)(H,18,19,20,21). The van der Waals surface area contributed by atoms with Gasteiger partial charge in [-0.3, -0.25) is 4.79 Å². The van der Waals surface area contributed by atoms with Gasteiger partial charge in [0.15, 0.2) is 6.61 Å². The number of carbonyl (C=O) groups excluding carboxylic acids is 1. The summed E-state index contributed by atoms with van der Waals surface area (Å²) in [4.78, 5) is 11.8. The van der Waals surface area contributed by atoms with E-state index in [9.17, 15) is 9.18 Å². The number of aromatic amines is 1. The number of benzene rings is 2. The Morgan fingerprint density at radius 1 is 1.08 bits per heavy atom. The molecule has 8 nitrogen and oxygen atoms in total.